The second-order valence-electron chi connectivity index (χ2n) is 6.09. The first-order valence-corrected chi connectivity index (χ1v) is 9.29. The van der Waals surface area contributed by atoms with E-state index in [9.17, 15) is 13.6 Å². The third kappa shape index (κ3) is 3.44. The van der Waals surface area contributed by atoms with Gasteiger partial charge in [-0.1, -0.05) is 42.1 Å². The van der Waals surface area contributed by atoms with Crippen LogP contribution in [0.2, 0.25) is 0 Å². The number of fused-ring (bicyclic) bond motifs is 1. The molecule has 3 aromatic rings. The van der Waals surface area contributed by atoms with Crippen LogP contribution in [0.1, 0.15) is 24.4 Å². The number of halogens is 2. The second kappa shape index (κ2) is 7.07. The number of thioether (sulfide) groups is 1. The fourth-order valence-corrected chi connectivity index (χ4v) is 3.92. The van der Waals surface area contributed by atoms with Crippen molar-refractivity contribution in [3.8, 4) is 5.75 Å². The van der Waals surface area contributed by atoms with Crippen molar-refractivity contribution in [3.63, 3.8) is 0 Å². The van der Waals surface area contributed by atoms with Crippen LogP contribution in [0.5, 0.6) is 5.75 Å². The van der Waals surface area contributed by atoms with E-state index >= 15 is 0 Å². The van der Waals surface area contributed by atoms with Gasteiger partial charge in [-0.25, -0.2) is 4.98 Å². The van der Waals surface area contributed by atoms with Crippen LogP contribution in [0, 0.1) is 0 Å². The fourth-order valence-electron chi connectivity index (χ4n) is 2.86. The third-order valence-electron chi connectivity index (χ3n) is 4.23. The van der Waals surface area contributed by atoms with Gasteiger partial charge < -0.3 is 4.74 Å². The van der Waals surface area contributed by atoms with Crippen LogP contribution in [-0.2, 0) is 5.75 Å². The van der Waals surface area contributed by atoms with Crippen LogP contribution in [0.15, 0.2) is 58.5 Å². The van der Waals surface area contributed by atoms with Gasteiger partial charge in [0.05, 0.1) is 10.9 Å². The number of ether oxygens (including phenoxy) is 1. The average Bonchev–Trinajstić information content (AvgIpc) is 3.45. The molecule has 4 rings (SSSR count). The predicted molar refractivity (Wildman–Crippen MR) is 96.9 cm³/mol. The Morgan fingerprint density at radius 1 is 1.15 bits per heavy atom. The van der Waals surface area contributed by atoms with Gasteiger partial charge >= 0.3 is 6.61 Å². The maximum absolute atomic E-state index is 12.8. The van der Waals surface area contributed by atoms with Gasteiger partial charge in [0, 0.05) is 17.4 Å². The summed E-state index contributed by atoms with van der Waals surface area (Å²) in [6, 6.07) is 14.1. The summed E-state index contributed by atoms with van der Waals surface area (Å²) in [6.07, 6.45) is 1.91. The smallest absolute Gasteiger partial charge is 0.387 e. The maximum Gasteiger partial charge on any atom is 0.387 e. The number of rotatable bonds is 6. The monoisotopic (exact) mass is 374 g/mol. The summed E-state index contributed by atoms with van der Waals surface area (Å²) in [5.74, 6) is 0.538. The lowest BCUT2D eigenvalue weighted by Gasteiger charge is -2.14. The number of aromatic nitrogens is 2. The molecule has 0 aliphatic heterocycles. The molecular weight excluding hydrogens is 358 g/mol. The van der Waals surface area contributed by atoms with Crippen LogP contribution in [-0.4, -0.2) is 16.2 Å². The molecule has 0 radical (unpaired) electrons. The van der Waals surface area contributed by atoms with E-state index in [1.165, 1.54) is 17.8 Å². The molecule has 0 unspecified atom stereocenters. The third-order valence-corrected chi connectivity index (χ3v) is 5.23. The highest BCUT2D eigenvalue weighted by Gasteiger charge is 2.28. The lowest BCUT2D eigenvalue weighted by molar-refractivity contribution is -0.0503. The molecule has 7 heteroatoms. The number of para-hydroxylation sites is 2. The van der Waals surface area contributed by atoms with E-state index < -0.39 is 6.61 Å². The lowest BCUT2D eigenvalue weighted by atomic mass is 10.2. The minimum atomic E-state index is -2.87. The van der Waals surface area contributed by atoms with Crippen LogP contribution in [0.3, 0.4) is 0 Å². The Morgan fingerprint density at radius 3 is 2.65 bits per heavy atom. The first-order valence-electron chi connectivity index (χ1n) is 8.30. The van der Waals surface area contributed by atoms with Crippen LogP contribution in [0.4, 0.5) is 8.78 Å². The highest BCUT2D eigenvalue weighted by atomic mass is 32.2. The minimum Gasteiger partial charge on any atom is -0.435 e. The molecule has 0 spiro atoms. The topological polar surface area (TPSA) is 44.1 Å². The highest BCUT2D eigenvalue weighted by molar-refractivity contribution is 7.98. The van der Waals surface area contributed by atoms with E-state index in [2.05, 4.69) is 9.72 Å². The zero-order valence-corrected chi connectivity index (χ0v) is 14.6. The van der Waals surface area contributed by atoms with Crippen LogP contribution in [0.25, 0.3) is 10.9 Å². The summed E-state index contributed by atoms with van der Waals surface area (Å²) in [5, 5.41) is 1.22. The van der Waals surface area contributed by atoms with Gasteiger partial charge in [0.15, 0.2) is 5.16 Å². The Balaban J connectivity index is 1.68. The SMILES string of the molecule is O=c1c2ccccc2nc(SCc2ccccc2OC(F)F)n1C1CC1. The van der Waals surface area contributed by atoms with E-state index in [0.29, 0.717) is 27.4 Å². The van der Waals surface area contributed by atoms with Crippen molar-refractivity contribution >= 4 is 22.7 Å². The van der Waals surface area contributed by atoms with Gasteiger partial charge in [-0.3, -0.25) is 9.36 Å². The summed E-state index contributed by atoms with van der Waals surface area (Å²) >= 11 is 1.37. The average molecular weight is 374 g/mol. The normalized spacial score (nSPS) is 14.1. The van der Waals surface area contributed by atoms with E-state index in [1.807, 2.05) is 18.2 Å². The predicted octanol–water partition coefficient (Wildman–Crippen LogP) is 4.63. The quantitative estimate of drug-likeness (QED) is 0.466. The van der Waals surface area contributed by atoms with E-state index in [-0.39, 0.29) is 17.4 Å². The van der Waals surface area contributed by atoms with Gasteiger partial charge in [-0.2, -0.15) is 8.78 Å². The molecule has 1 aliphatic carbocycles. The molecule has 1 saturated carbocycles. The van der Waals surface area contributed by atoms with Crippen LogP contribution >= 0.6 is 11.8 Å². The van der Waals surface area contributed by atoms with E-state index in [1.54, 1.807) is 28.8 Å². The summed E-state index contributed by atoms with van der Waals surface area (Å²) in [4.78, 5) is 17.5. The summed E-state index contributed by atoms with van der Waals surface area (Å²) in [7, 11) is 0. The fraction of sp³-hybridized carbons (Fsp3) is 0.263. The molecule has 4 nitrogen and oxygen atoms in total. The van der Waals surface area contributed by atoms with Crippen molar-refractivity contribution in [2.75, 3.05) is 0 Å². The van der Waals surface area contributed by atoms with Crippen molar-refractivity contribution in [3.05, 3.63) is 64.4 Å². The molecule has 0 amide bonds. The molecule has 1 fully saturated rings. The van der Waals surface area contributed by atoms with Gasteiger partial charge in [0.25, 0.3) is 5.56 Å². The van der Waals surface area contributed by atoms with Crippen molar-refractivity contribution in [1.29, 1.82) is 0 Å². The molecule has 0 atom stereocenters. The molecule has 134 valence electrons. The van der Waals surface area contributed by atoms with Crippen molar-refractivity contribution in [1.82, 2.24) is 9.55 Å². The Labute approximate surface area is 152 Å². The number of hydrogen-bond donors (Lipinski definition) is 0. The van der Waals surface area contributed by atoms with Gasteiger partial charge in [0.1, 0.15) is 5.75 Å². The summed E-state index contributed by atoms with van der Waals surface area (Å²) in [5.41, 5.74) is 1.24. The largest absolute Gasteiger partial charge is 0.435 e. The molecule has 1 aromatic heterocycles. The molecule has 0 N–H and O–H groups in total. The van der Waals surface area contributed by atoms with Crippen molar-refractivity contribution in [2.45, 2.75) is 36.4 Å². The molecule has 1 heterocycles. The molecule has 26 heavy (non-hydrogen) atoms. The number of alkyl halides is 2. The molecular formula is C19H16F2N2O2S. The highest BCUT2D eigenvalue weighted by Crippen LogP contribution is 2.38. The zero-order valence-electron chi connectivity index (χ0n) is 13.8. The number of benzene rings is 2. The Bertz CT molecular complexity index is 1000. The molecule has 0 bridgehead atoms. The van der Waals surface area contributed by atoms with E-state index in [4.69, 9.17) is 0 Å². The summed E-state index contributed by atoms with van der Waals surface area (Å²) in [6.45, 7) is -2.87. The molecule has 2 aromatic carbocycles. The Hall–Kier alpha value is -2.41. The lowest BCUT2D eigenvalue weighted by Crippen LogP contribution is -2.22. The van der Waals surface area contributed by atoms with Crippen molar-refractivity contribution in [2.24, 2.45) is 0 Å². The van der Waals surface area contributed by atoms with Gasteiger partial charge in [-0.05, 0) is 31.0 Å². The maximum atomic E-state index is 12.8. The standard InChI is InChI=1S/C19H16F2N2O2S/c20-18(21)25-16-8-4-1-5-12(16)11-26-19-22-15-7-3-2-6-14(15)17(24)23(19)13-9-10-13/h1-8,13,18H,9-11H2. The minimum absolute atomic E-state index is 0.0438. The number of nitrogens with zero attached hydrogens (tertiary/aromatic N) is 2. The summed E-state index contributed by atoms with van der Waals surface area (Å²) < 4.78 is 31.5. The Kier molecular flexibility index (Phi) is 4.63. The van der Waals surface area contributed by atoms with E-state index in [0.717, 1.165) is 12.8 Å². The number of hydrogen-bond acceptors (Lipinski definition) is 4. The van der Waals surface area contributed by atoms with Gasteiger partial charge in [-0.15, -0.1) is 0 Å². The molecule has 0 saturated heterocycles. The van der Waals surface area contributed by atoms with Crippen molar-refractivity contribution < 1.29 is 13.5 Å². The first-order chi connectivity index (χ1) is 12.6. The van der Waals surface area contributed by atoms with Gasteiger partial charge in [0.2, 0.25) is 0 Å². The molecule has 1 aliphatic rings. The Morgan fingerprint density at radius 2 is 1.88 bits per heavy atom. The zero-order chi connectivity index (χ0) is 18.1. The first kappa shape index (κ1) is 17.0. The van der Waals surface area contributed by atoms with Crippen LogP contribution < -0.4 is 10.3 Å². The second-order valence-corrected chi connectivity index (χ2v) is 7.04.